The van der Waals surface area contributed by atoms with E-state index in [2.05, 4.69) is 45.0 Å². The second-order valence-corrected chi connectivity index (χ2v) is 6.02. The van der Waals surface area contributed by atoms with Crippen molar-refractivity contribution in [3.63, 3.8) is 0 Å². The summed E-state index contributed by atoms with van der Waals surface area (Å²) in [5, 5.41) is 3.51. The summed E-state index contributed by atoms with van der Waals surface area (Å²) in [6, 6.07) is 0.755. The van der Waals surface area contributed by atoms with Crippen LogP contribution in [-0.2, 0) is 9.53 Å². The maximum absolute atomic E-state index is 11.8. The van der Waals surface area contributed by atoms with Crippen molar-refractivity contribution < 1.29 is 9.53 Å². The van der Waals surface area contributed by atoms with Crippen molar-refractivity contribution in [1.82, 2.24) is 10.2 Å². The zero-order chi connectivity index (χ0) is 13.9. The number of rotatable bonds is 4. The van der Waals surface area contributed by atoms with Gasteiger partial charge in [-0.2, -0.15) is 0 Å². The van der Waals surface area contributed by atoms with Gasteiger partial charge in [0.05, 0.1) is 7.11 Å². The number of hydrogen-bond donors (Lipinski definition) is 1. The van der Waals surface area contributed by atoms with E-state index in [0.717, 1.165) is 13.0 Å². The van der Waals surface area contributed by atoms with E-state index in [9.17, 15) is 4.79 Å². The molecule has 0 aromatic heterocycles. The zero-order valence-electron chi connectivity index (χ0n) is 12.6. The van der Waals surface area contributed by atoms with Crippen LogP contribution in [0.3, 0.4) is 0 Å². The number of nitrogens with zero attached hydrogens (tertiary/aromatic N) is 1. The summed E-state index contributed by atoms with van der Waals surface area (Å²) in [7, 11) is 3.62. The van der Waals surface area contributed by atoms with Gasteiger partial charge in [0.2, 0.25) is 0 Å². The summed E-state index contributed by atoms with van der Waals surface area (Å²) in [6.07, 6.45) is 1.08. The van der Waals surface area contributed by atoms with Gasteiger partial charge in [0, 0.05) is 18.6 Å². The van der Waals surface area contributed by atoms with Crippen LogP contribution in [0.1, 0.15) is 34.1 Å². The monoisotopic (exact) mass is 256 g/mol. The Balaban J connectivity index is 2.66. The van der Waals surface area contributed by atoms with E-state index in [1.54, 1.807) is 0 Å². The first kappa shape index (κ1) is 15.4. The van der Waals surface area contributed by atoms with Gasteiger partial charge >= 0.3 is 5.97 Å². The van der Waals surface area contributed by atoms with Gasteiger partial charge in [0.25, 0.3) is 0 Å². The molecule has 0 aromatic carbocycles. The molecular weight excluding hydrogens is 228 g/mol. The van der Waals surface area contributed by atoms with Gasteiger partial charge in [0.15, 0.2) is 0 Å². The SMILES string of the molecule is COC(=O)[C@H](NC1CC(C)N(C)CC1C)C(C)C. The average Bonchev–Trinajstić information content (AvgIpc) is 2.30. The maximum atomic E-state index is 11.8. The van der Waals surface area contributed by atoms with E-state index in [4.69, 9.17) is 4.74 Å². The van der Waals surface area contributed by atoms with E-state index in [0.29, 0.717) is 18.0 Å². The van der Waals surface area contributed by atoms with Crippen molar-refractivity contribution in [3.05, 3.63) is 0 Å². The molecule has 0 aromatic rings. The minimum absolute atomic E-state index is 0.149. The van der Waals surface area contributed by atoms with Crippen LogP contribution in [0, 0.1) is 11.8 Å². The lowest BCUT2D eigenvalue weighted by atomic mass is 9.88. The fraction of sp³-hybridized carbons (Fsp3) is 0.929. The third-order valence-corrected chi connectivity index (χ3v) is 4.13. The van der Waals surface area contributed by atoms with Crippen LogP contribution in [0.25, 0.3) is 0 Å². The third-order valence-electron chi connectivity index (χ3n) is 4.13. The lowest BCUT2D eigenvalue weighted by Gasteiger charge is -2.41. The Bertz CT molecular complexity index is 281. The minimum Gasteiger partial charge on any atom is -0.468 e. The standard InChI is InChI=1S/C14H28N2O2/c1-9(2)13(14(17)18-6)15-12-7-11(4)16(5)8-10(12)3/h9-13,15H,7-8H2,1-6H3/t10?,11?,12?,13-/m1/s1. The fourth-order valence-electron chi connectivity index (χ4n) is 2.66. The van der Waals surface area contributed by atoms with Gasteiger partial charge in [-0.25, -0.2) is 0 Å². The molecule has 1 heterocycles. The number of carbonyl (C=O) groups is 1. The Morgan fingerprint density at radius 1 is 1.39 bits per heavy atom. The number of methoxy groups -OCH3 is 1. The number of ether oxygens (including phenoxy) is 1. The summed E-state index contributed by atoms with van der Waals surface area (Å²) in [5.41, 5.74) is 0. The Kier molecular flexibility index (Phi) is 5.60. The molecule has 4 heteroatoms. The van der Waals surface area contributed by atoms with E-state index < -0.39 is 0 Å². The normalized spacial score (nSPS) is 31.4. The van der Waals surface area contributed by atoms with Crippen LogP contribution in [-0.4, -0.2) is 49.7 Å². The van der Waals surface area contributed by atoms with Crippen LogP contribution >= 0.6 is 0 Å². The molecule has 1 saturated heterocycles. The number of esters is 1. The van der Waals surface area contributed by atoms with Crippen molar-refractivity contribution in [3.8, 4) is 0 Å². The van der Waals surface area contributed by atoms with Gasteiger partial charge < -0.3 is 15.0 Å². The van der Waals surface area contributed by atoms with Gasteiger partial charge in [-0.1, -0.05) is 20.8 Å². The molecular formula is C14H28N2O2. The summed E-state index contributed by atoms with van der Waals surface area (Å²) in [5.74, 6) is 0.653. The predicted octanol–water partition coefficient (Wildman–Crippen LogP) is 1.50. The number of piperidine rings is 1. The lowest BCUT2D eigenvalue weighted by molar-refractivity contribution is -0.144. The molecule has 18 heavy (non-hydrogen) atoms. The first-order valence-electron chi connectivity index (χ1n) is 6.90. The highest BCUT2D eigenvalue weighted by Gasteiger charge is 2.33. The second-order valence-electron chi connectivity index (χ2n) is 6.02. The Labute approximate surface area is 111 Å². The van der Waals surface area contributed by atoms with Crippen LogP contribution in [0.15, 0.2) is 0 Å². The quantitative estimate of drug-likeness (QED) is 0.774. The van der Waals surface area contributed by atoms with E-state index >= 15 is 0 Å². The van der Waals surface area contributed by atoms with E-state index in [1.807, 2.05) is 0 Å². The topological polar surface area (TPSA) is 41.6 Å². The molecule has 3 unspecified atom stereocenters. The zero-order valence-corrected chi connectivity index (χ0v) is 12.6. The lowest BCUT2D eigenvalue weighted by Crippen LogP contribution is -2.56. The molecule has 0 bridgehead atoms. The van der Waals surface area contributed by atoms with Gasteiger partial charge in [-0.05, 0) is 32.2 Å². The molecule has 0 radical (unpaired) electrons. The summed E-state index contributed by atoms with van der Waals surface area (Å²) >= 11 is 0. The van der Waals surface area contributed by atoms with Gasteiger partial charge in [-0.15, -0.1) is 0 Å². The smallest absolute Gasteiger partial charge is 0.323 e. The number of carbonyl (C=O) groups excluding carboxylic acids is 1. The number of nitrogens with one attached hydrogen (secondary N) is 1. The van der Waals surface area contributed by atoms with Crippen molar-refractivity contribution in [1.29, 1.82) is 0 Å². The highest BCUT2D eigenvalue weighted by atomic mass is 16.5. The first-order valence-corrected chi connectivity index (χ1v) is 6.90. The molecule has 0 amide bonds. The van der Waals surface area contributed by atoms with Gasteiger partial charge in [0.1, 0.15) is 6.04 Å². The summed E-state index contributed by atoms with van der Waals surface area (Å²) in [4.78, 5) is 14.2. The third kappa shape index (κ3) is 3.69. The number of likely N-dealkylation sites (tertiary alicyclic amines) is 1. The first-order chi connectivity index (χ1) is 8.36. The van der Waals surface area contributed by atoms with Crippen LogP contribution in [0.5, 0.6) is 0 Å². The molecule has 1 aliphatic heterocycles. The largest absolute Gasteiger partial charge is 0.468 e. The van der Waals surface area contributed by atoms with Crippen molar-refractivity contribution in [2.24, 2.45) is 11.8 Å². The minimum atomic E-state index is -0.196. The molecule has 4 nitrogen and oxygen atoms in total. The summed E-state index contributed by atoms with van der Waals surface area (Å²) < 4.78 is 4.89. The highest BCUT2D eigenvalue weighted by molar-refractivity contribution is 5.76. The fourth-order valence-corrected chi connectivity index (χ4v) is 2.66. The maximum Gasteiger partial charge on any atom is 0.323 e. The molecule has 106 valence electrons. The second kappa shape index (κ2) is 6.53. The average molecular weight is 256 g/mol. The molecule has 4 atom stereocenters. The molecule has 1 N–H and O–H groups in total. The molecule has 0 spiro atoms. The van der Waals surface area contributed by atoms with E-state index in [-0.39, 0.29) is 17.9 Å². The molecule has 1 aliphatic rings. The van der Waals surface area contributed by atoms with Crippen molar-refractivity contribution in [2.45, 2.75) is 52.2 Å². The highest BCUT2D eigenvalue weighted by Crippen LogP contribution is 2.22. The van der Waals surface area contributed by atoms with Crippen molar-refractivity contribution >= 4 is 5.97 Å². The van der Waals surface area contributed by atoms with E-state index in [1.165, 1.54) is 7.11 Å². The Morgan fingerprint density at radius 2 is 2.00 bits per heavy atom. The van der Waals surface area contributed by atoms with Gasteiger partial charge in [-0.3, -0.25) is 4.79 Å². The van der Waals surface area contributed by atoms with Crippen LogP contribution in [0.2, 0.25) is 0 Å². The van der Waals surface area contributed by atoms with Crippen molar-refractivity contribution in [2.75, 3.05) is 20.7 Å². The van der Waals surface area contributed by atoms with Crippen LogP contribution < -0.4 is 5.32 Å². The predicted molar refractivity (Wildman–Crippen MR) is 73.4 cm³/mol. The molecule has 0 saturated carbocycles. The summed E-state index contributed by atoms with van der Waals surface area (Å²) in [6.45, 7) is 9.66. The Morgan fingerprint density at radius 3 is 2.50 bits per heavy atom. The van der Waals surface area contributed by atoms with Crippen LogP contribution in [0.4, 0.5) is 0 Å². The Hall–Kier alpha value is -0.610. The number of hydrogen-bond acceptors (Lipinski definition) is 4. The molecule has 1 fully saturated rings. The molecule has 1 rings (SSSR count). The molecule has 0 aliphatic carbocycles.